The van der Waals surface area contributed by atoms with Crippen LogP contribution in [0.2, 0.25) is 0 Å². The molecule has 0 saturated heterocycles. The van der Waals surface area contributed by atoms with Crippen LogP contribution in [0.25, 0.3) is 0 Å². The average molecular weight is 673 g/mol. The molecule has 266 valence electrons. The number of aliphatic hydroxyl groups is 1. The first kappa shape index (κ1) is 50.9. The molecular weight excluding hydrogens is 596 g/mol. The molecule has 45 heavy (non-hydrogen) atoms. The Morgan fingerprint density at radius 1 is 0.444 bits per heavy atom. The smallest absolute Gasteiger partial charge is 0.303 e. The van der Waals surface area contributed by atoms with Crippen LogP contribution >= 0.6 is 0 Å². The van der Waals surface area contributed by atoms with Gasteiger partial charge in [-0.05, 0) is 78.1 Å². The maximum absolute atomic E-state index is 10.3. The van der Waals surface area contributed by atoms with Crippen molar-refractivity contribution in [2.75, 3.05) is 0 Å². The van der Waals surface area contributed by atoms with Crippen LogP contribution in [0.4, 0.5) is 0 Å². The molecule has 0 aromatic carbocycles. The third-order valence-corrected chi connectivity index (χ3v) is 7.30. The maximum atomic E-state index is 10.3. The van der Waals surface area contributed by atoms with E-state index in [1.807, 2.05) is 0 Å². The number of hydrogen-bond donors (Lipinski definition) is 3. The summed E-state index contributed by atoms with van der Waals surface area (Å²) < 4.78 is 0. The Morgan fingerprint density at radius 2 is 0.644 bits per heavy atom. The number of aliphatic hydroxyl groups excluding tert-OH is 1. The van der Waals surface area contributed by atoms with E-state index in [1.165, 1.54) is 141 Å². The molecule has 0 aliphatic carbocycles. The van der Waals surface area contributed by atoms with Crippen molar-refractivity contribution in [3.8, 4) is 0 Å². The second-order valence-electron chi connectivity index (χ2n) is 12.5. The largest absolute Gasteiger partial charge is 0.481 e. The van der Waals surface area contributed by atoms with E-state index in [1.54, 1.807) is 13.8 Å². The number of carbonyl (C=O) groups is 2. The van der Waals surface area contributed by atoms with Crippen LogP contribution in [0.3, 0.4) is 0 Å². The van der Waals surface area contributed by atoms with Gasteiger partial charge in [-0.2, -0.15) is 0 Å². The topological polar surface area (TPSA) is 94.8 Å². The Kier molecular flexibility index (Phi) is 53.8. The number of carboxylic acid groups (broad SMARTS) is 2. The van der Waals surface area contributed by atoms with Gasteiger partial charge >= 0.3 is 11.9 Å². The molecule has 5 nitrogen and oxygen atoms in total. The molecule has 0 spiro atoms. The van der Waals surface area contributed by atoms with Crippen LogP contribution in [0.15, 0.2) is 24.3 Å². The first-order valence-electron chi connectivity index (χ1n) is 18.7. The van der Waals surface area contributed by atoms with Gasteiger partial charge in [0.2, 0.25) is 0 Å². The molecule has 0 bridgehead atoms. The minimum atomic E-state index is -0.664. The predicted molar refractivity (Wildman–Crippen MR) is 192 cm³/mol. The van der Waals surface area contributed by atoms with Gasteiger partial charge in [-0.25, -0.2) is 0 Å². The first-order valence-corrected chi connectivity index (χ1v) is 18.7. The average Bonchev–Trinajstić information content (AvgIpc) is 2.97. The summed E-state index contributed by atoms with van der Waals surface area (Å²) in [5.41, 5.74) is 0. The molecule has 0 aromatic heterocycles. The van der Waals surface area contributed by atoms with Gasteiger partial charge in [0.25, 0.3) is 0 Å². The fourth-order valence-corrected chi connectivity index (χ4v) is 4.69. The number of allylic oxidation sites excluding steroid dienone is 4. The van der Waals surface area contributed by atoms with Crippen LogP contribution in [-0.2, 0) is 31.3 Å². The summed E-state index contributed by atoms with van der Waals surface area (Å²) in [6.45, 7) is 7.96. The fraction of sp³-hybridized carbons (Fsp3) is 0.846. The van der Waals surface area contributed by atoms with Gasteiger partial charge in [0.1, 0.15) is 0 Å². The molecule has 0 aliphatic heterocycles. The van der Waals surface area contributed by atoms with E-state index in [2.05, 4.69) is 38.2 Å². The SMILES string of the molecule is CC(C)O.CCCCCCCC/C=C\CCCCCCCC(=O)O.CCCCCCCC/C=C\CCCCCCCC(=O)O.[Ti]. The molecule has 0 rings (SSSR count). The van der Waals surface area contributed by atoms with Crippen molar-refractivity contribution in [1.82, 2.24) is 0 Å². The van der Waals surface area contributed by atoms with E-state index in [4.69, 9.17) is 15.3 Å². The zero-order valence-electron chi connectivity index (χ0n) is 30.3. The maximum Gasteiger partial charge on any atom is 0.303 e. The first-order chi connectivity index (χ1) is 21.3. The normalized spacial score (nSPS) is 10.8. The van der Waals surface area contributed by atoms with Crippen molar-refractivity contribution in [2.45, 2.75) is 214 Å². The van der Waals surface area contributed by atoms with Gasteiger partial charge in [-0.1, -0.05) is 141 Å². The van der Waals surface area contributed by atoms with E-state index in [9.17, 15) is 9.59 Å². The fourth-order valence-electron chi connectivity index (χ4n) is 4.69. The van der Waals surface area contributed by atoms with E-state index in [-0.39, 0.29) is 27.8 Å². The summed E-state index contributed by atoms with van der Waals surface area (Å²) in [5.74, 6) is -1.33. The molecule has 0 amide bonds. The predicted octanol–water partition coefficient (Wildman–Crippen LogP) is 12.6. The molecule has 0 fully saturated rings. The number of carboxylic acids is 2. The van der Waals surface area contributed by atoms with Gasteiger partial charge in [-0.15, -0.1) is 0 Å². The van der Waals surface area contributed by atoms with Crippen LogP contribution in [0.1, 0.15) is 207 Å². The summed E-state index contributed by atoms with van der Waals surface area (Å²) in [4.78, 5) is 20.6. The Labute approximate surface area is 295 Å². The minimum absolute atomic E-state index is 0. The molecule has 0 aromatic rings. The minimum Gasteiger partial charge on any atom is -0.481 e. The summed E-state index contributed by atoms with van der Waals surface area (Å²) in [7, 11) is 0. The Morgan fingerprint density at radius 3 is 0.867 bits per heavy atom. The van der Waals surface area contributed by atoms with Crippen molar-refractivity contribution in [2.24, 2.45) is 0 Å². The number of rotatable bonds is 30. The van der Waals surface area contributed by atoms with Crippen molar-refractivity contribution < 1.29 is 46.6 Å². The van der Waals surface area contributed by atoms with E-state index < -0.39 is 11.9 Å². The van der Waals surface area contributed by atoms with E-state index in [0.29, 0.717) is 12.8 Å². The monoisotopic (exact) mass is 673 g/mol. The van der Waals surface area contributed by atoms with Crippen molar-refractivity contribution in [3.63, 3.8) is 0 Å². The number of aliphatic carboxylic acids is 2. The standard InChI is InChI=1S/2C18H34O2.C3H8O.Ti/c2*1-2-3-4-5-6-7-8-9-10-11-12-13-14-15-16-17-18(19)20;1-3(2)4;/h2*9-10H,2-8,11-17H2,1H3,(H,19,20);3-4H,1-2H3;/b2*10-9-;;. The van der Waals surface area contributed by atoms with E-state index >= 15 is 0 Å². The second kappa shape index (κ2) is 47.5. The Balaban J connectivity index is -0.000000327. The van der Waals surface area contributed by atoms with Crippen LogP contribution in [-0.4, -0.2) is 33.4 Å². The van der Waals surface area contributed by atoms with Crippen molar-refractivity contribution in [3.05, 3.63) is 24.3 Å². The molecule has 0 radical (unpaired) electrons. The van der Waals surface area contributed by atoms with Crippen molar-refractivity contribution in [1.29, 1.82) is 0 Å². The van der Waals surface area contributed by atoms with Gasteiger partial charge in [-0.3, -0.25) is 9.59 Å². The molecule has 6 heteroatoms. The van der Waals surface area contributed by atoms with E-state index in [0.717, 1.165) is 25.7 Å². The van der Waals surface area contributed by atoms with Gasteiger partial charge in [0.15, 0.2) is 0 Å². The summed E-state index contributed by atoms with van der Waals surface area (Å²) in [6, 6.07) is 0. The number of hydrogen-bond acceptors (Lipinski definition) is 3. The third-order valence-electron chi connectivity index (χ3n) is 7.30. The molecule has 0 unspecified atom stereocenters. The van der Waals surface area contributed by atoms with Crippen LogP contribution in [0.5, 0.6) is 0 Å². The molecule has 0 saturated carbocycles. The van der Waals surface area contributed by atoms with Gasteiger partial charge in [0, 0.05) is 40.7 Å². The van der Waals surface area contributed by atoms with Gasteiger partial charge in [0.05, 0.1) is 0 Å². The Bertz CT molecular complexity index is 566. The molecule has 0 atom stereocenters. The van der Waals surface area contributed by atoms with Gasteiger partial charge < -0.3 is 15.3 Å². The summed E-state index contributed by atoms with van der Waals surface area (Å²) in [6.07, 6.45) is 42.3. The van der Waals surface area contributed by atoms with Crippen LogP contribution in [0, 0.1) is 0 Å². The Hall–Kier alpha value is -0.906. The second-order valence-corrected chi connectivity index (χ2v) is 12.5. The molecule has 0 heterocycles. The van der Waals surface area contributed by atoms with Crippen molar-refractivity contribution >= 4 is 11.9 Å². The molecular formula is C39H76O5Ti. The number of unbranched alkanes of at least 4 members (excludes halogenated alkanes) is 22. The third kappa shape index (κ3) is 66.4. The zero-order valence-corrected chi connectivity index (χ0v) is 31.9. The molecule has 3 N–H and O–H groups in total. The molecule has 0 aliphatic rings. The summed E-state index contributed by atoms with van der Waals surface area (Å²) >= 11 is 0. The zero-order chi connectivity index (χ0) is 33.4. The quantitative estimate of drug-likeness (QED) is 0.0401. The van der Waals surface area contributed by atoms with Crippen LogP contribution < -0.4 is 0 Å². The summed E-state index contributed by atoms with van der Waals surface area (Å²) in [5, 5.41) is 25.1.